The highest BCUT2D eigenvalue weighted by Crippen LogP contribution is 2.32. The van der Waals surface area contributed by atoms with Gasteiger partial charge in [0.2, 0.25) is 0 Å². The number of amides is 1. The van der Waals surface area contributed by atoms with E-state index in [0.29, 0.717) is 17.7 Å². The molecule has 1 aromatic rings. The lowest BCUT2D eigenvalue weighted by atomic mass is 9.81. The number of nitro benzene ring substituents is 1. The minimum absolute atomic E-state index is 0.00242. The predicted molar refractivity (Wildman–Crippen MR) is 99.4 cm³/mol. The Balaban J connectivity index is 2.04. The third-order valence-corrected chi connectivity index (χ3v) is 5.63. The van der Waals surface area contributed by atoms with Crippen LogP contribution < -0.4 is 0 Å². The molecule has 0 atom stereocenters. The van der Waals surface area contributed by atoms with Gasteiger partial charge >= 0.3 is 5.97 Å². The fraction of sp³-hybridized carbons (Fsp3) is 0.500. The van der Waals surface area contributed by atoms with Crippen molar-refractivity contribution in [3.05, 3.63) is 33.9 Å². The van der Waals surface area contributed by atoms with Crippen LogP contribution in [-0.2, 0) is 9.53 Å². The lowest BCUT2D eigenvalue weighted by Gasteiger charge is -2.38. The molecule has 1 amide bonds. The van der Waals surface area contributed by atoms with Crippen molar-refractivity contribution in [3.8, 4) is 6.07 Å². The Morgan fingerprint density at radius 3 is 2.59 bits per heavy atom. The smallest absolute Gasteiger partial charge is 0.338 e. The Bertz CT molecular complexity index is 784. The van der Waals surface area contributed by atoms with E-state index in [2.05, 4.69) is 6.07 Å². The summed E-state index contributed by atoms with van der Waals surface area (Å²) in [5.74, 6) is -1.29. The molecule has 1 fully saturated rings. The summed E-state index contributed by atoms with van der Waals surface area (Å²) in [5, 5.41) is 20.6. The van der Waals surface area contributed by atoms with Gasteiger partial charge in [-0.3, -0.25) is 14.9 Å². The van der Waals surface area contributed by atoms with Gasteiger partial charge in [0, 0.05) is 13.1 Å². The second kappa shape index (κ2) is 8.86. The zero-order chi connectivity index (χ0) is 20.0. The van der Waals surface area contributed by atoms with Crippen LogP contribution in [0.3, 0.4) is 0 Å². The summed E-state index contributed by atoms with van der Waals surface area (Å²) in [6.45, 7) is -0.517. The Morgan fingerprint density at radius 2 is 2.04 bits per heavy atom. The van der Waals surface area contributed by atoms with Gasteiger partial charge in [-0.25, -0.2) is 4.79 Å². The van der Waals surface area contributed by atoms with Gasteiger partial charge in [0.05, 0.1) is 21.5 Å². The van der Waals surface area contributed by atoms with Gasteiger partial charge in [0.15, 0.2) is 6.61 Å². The van der Waals surface area contributed by atoms with E-state index in [-0.39, 0.29) is 11.3 Å². The third kappa shape index (κ3) is 4.57. The molecule has 8 nitrogen and oxygen atoms in total. The van der Waals surface area contributed by atoms with Crippen molar-refractivity contribution >= 4 is 29.3 Å². The summed E-state index contributed by atoms with van der Waals surface area (Å²) in [5.41, 5.74) is -1.05. The fourth-order valence-corrected chi connectivity index (χ4v) is 3.71. The molecule has 0 saturated heterocycles. The van der Waals surface area contributed by atoms with Crippen LogP contribution in [0.25, 0.3) is 0 Å². The number of thioether (sulfide) groups is 1. The Hall–Kier alpha value is -2.60. The van der Waals surface area contributed by atoms with Crippen LogP contribution >= 0.6 is 11.8 Å². The molecule has 0 aliphatic heterocycles. The first-order valence-corrected chi connectivity index (χ1v) is 9.74. The number of nitrogens with zero attached hydrogens (tertiary/aromatic N) is 3. The van der Waals surface area contributed by atoms with E-state index in [4.69, 9.17) is 4.74 Å². The molecule has 0 spiro atoms. The van der Waals surface area contributed by atoms with E-state index in [1.54, 1.807) is 13.3 Å². The Morgan fingerprint density at radius 1 is 1.37 bits per heavy atom. The summed E-state index contributed by atoms with van der Waals surface area (Å²) >= 11 is 1.20. The summed E-state index contributed by atoms with van der Waals surface area (Å²) < 4.78 is 5.03. The van der Waals surface area contributed by atoms with Gasteiger partial charge in [0.1, 0.15) is 5.54 Å². The zero-order valence-corrected chi connectivity index (χ0v) is 16.1. The lowest BCUT2D eigenvalue weighted by molar-refractivity contribution is -0.387. The van der Waals surface area contributed by atoms with E-state index >= 15 is 0 Å². The minimum atomic E-state index is -0.861. The number of hydrogen-bond donors (Lipinski definition) is 0. The quantitative estimate of drug-likeness (QED) is 0.317. The van der Waals surface area contributed by atoms with Crippen LogP contribution in [0.4, 0.5) is 5.69 Å². The number of nitriles is 1. The van der Waals surface area contributed by atoms with Crippen LogP contribution in [-0.4, -0.2) is 47.1 Å². The average molecular weight is 391 g/mol. The number of benzene rings is 1. The van der Waals surface area contributed by atoms with E-state index in [0.717, 1.165) is 25.3 Å². The molecule has 0 unspecified atom stereocenters. The van der Waals surface area contributed by atoms with Crippen LogP contribution in [0.2, 0.25) is 0 Å². The van der Waals surface area contributed by atoms with E-state index in [9.17, 15) is 25.0 Å². The molecule has 9 heteroatoms. The van der Waals surface area contributed by atoms with Crippen molar-refractivity contribution in [2.75, 3.05) is 19.9 Å². The zero-order valence-electron chi connectivity index (χ0n) is 15.3. The number of esters is 1. The SMILES string of the molecule is CSc1ccc(C(=O)OCC(=O)N(C)C2(C#N)CCCCC2)cc1[N+](=O)[O-]. The number of ether oxygens (including phenoxy) is 1. The Kier molecular flexibility index (Phi) is 6.80. The van der Waals surface area contributed by atoms with E-state index in [1.165, 1.54) is 28.8 Å². The minimum Gasteiger partial charge on any atom is -0.452 e. The maximum absolute atomic E-state index is 12.4. The number of carbonyl (C=O) groups is 2. The van der Waals surface area contributed by atoms with Crippen molar-refractivity contribution in [2.45, 2.75) is 42.5 Å². The molecule has 2 rings (SSSR count). The number of carbonyl (C=O) groups excluding carboxylic acids is 2. The monoisotopic (exact) mass is 391 g/mol. The van der Waals surface area contributed by atoms with Gasteiger partial charge in [-0.15, -0.1) is 11.8 Å². The lowest BCUT2D eigenvalue weighted by Crippen LogP contribution is -2.51. The summed E-state index contributed by atoms with van der Waals surface area (Å²) in [4.78, 5) is 36.9. The van der Waals surface area contributed by atoms with Gasteiger partial charge < -0.3 is 9.64 Å². The van der Waals surface area contributed by atoms with Gasteiger partial charge in [-0.2, -0.15) is 5.26 Å². The topological polar surface area (TPSA) is 114 Å². The summed E-state index contributed by atoms with van der Waals surface area (Å²) in [6, 6.07) is 6.27. The molecule has 0 bridgehead atoms. The first kappa shape index (κ1) is 20.7. The molecule has 0 aromatic heterocycles. The molecule has 1 aliphatic carbocycles. The molecule has 0 N–H and O–H groups in total. The molecular weight excluding hydrogens is 370 g/mol. The molecule has 144 valence electrons. The molecular formula is C18H21N3O5S. The highest BCUT2D eigenvalue weighted by Gasteiger charge is 2.39. The van der Waals surface area contributed by atoms with Crippen molar-refractivity contribution in [2.24, 2.45) is 0 Å². The van der Waals surface area contributed by atoms with Crippen molar-refractivity contribution in [3.63, 3.8) is 0 Å². The van der Waals surface area contributed by atoms with E-state index in [1.807, 2.05) is 0 Å². The van der Waals surface area contributed by atoms with Gasteiger partial charge in [-0.1, -0.05) is 19.3 Å². The van der Waals surface area contributed by atoms with Crippen LogP contribution in [0, 0.1) is 21.4 Å². The number of nitro groups is 1. The molecule has 1 saturated carbocycles. The van der Waals surface area contributed by atoms with Crippen LogP contribution in [0.1, 0.15) is 42.5 Å². The number of likely N-dealkylation sites (N-methyl/N-ethyl adjacent to an activating group) is 1. The van der Waals surface area contributed by atoms with Gasteiger partial charge in [0.25, 0.3) is 11.6 Å². The highest BCUT2D eigenvalue weighted by molar-refractivity contribution is 7.98. The van der Waals surface area contributed by atoms with Crippen molar-refractivity contribution in [1.29, 1.82) is 5.26 Å². The summed E-state index contributed by atoms with van der Waals surface area (Å²) in [7, 11) is 1.54. The first-order chi connectivity index (χ1) is 12.8. The second-order valence-corrected chi connectivity index (χ2v) is 7.22. The summed E-state index contributed by atoms with van der Waals surface area (Å²) in [6.07, 6.45) is 5.67. The second-order valence-electron chi connectivity index (χ2n) is 6.38. The molecule has 0 radical (unpaired) electrons. The Labute approximate surface area is 161 Å². The number of rotatable bonds is 6. The largest absolute Gasteiger partial charge is 0.452 e. The highest BCUT2D eigenvalue weighted by atomic mass is 32.2. The van der Waals surface area contributed by atoms with Gasteiger partial charge in [-0.05, 0) is 31.2 Å². The molecule has 27 heavy (non-hydrogen) atoms. The van der Waals surface area contributed by atoms with Crippen molar-refractivity contribution in [1.82, 2.24) is 4.90 Å². The van der Waals surface area contributed by atoms with E-state index < -0.39 is 28.9 Å². The number of hydrogen-bond acceptors (Lipinski definition) is 7. The predicted octanol–water partition coefficient (Wildman–Crippen LogP) is 3.16. The normalized spacial score (nSPS) is 15.4. The van der Waals surface area contributed by atoms with Crippen LogP contribution in [0.5, 0.6) is 0 Å². The maximum atomic E-state index is 12.4. The first-order valence-electron chi connectivity index (χ1n) is 8.52. The molecule has 1 aliphatic rings. The molecule has 0 heterocycles. The van der Waals surface area contributed by atoms with Crippen LogP contribution in [0.15, 0.2) is 23.1 Å². The third-order valence-electron chi connectivity index (χ3n) is 4.84. The average Bonchev–Trinajstić information content (AvgIpc) is 2.70. The molecule has 1 aromatic carbocycles. The van der Waals surface area contributed by atoms with Crippen molar-refractivity contribution < 1.29 is 19.2 Å². The maximum Gasteiger partial charge on any atom is 0.338 e. The standard InChI is InChI=1S/C18H21N3O5S/c1-20(18(12-19)8-4-3-5-9-18)16(22)11-26-17(23)13-6-7-15(27-2)14(10-13)21(24)25/h6-7,10H,3-5,8-9,11H2,1-2H3. The fourth-order valence-electron chi connectivity index (χ4n) is 3.16.